The van der Waals surface area contributed by atoms with Gasteiger partial charge in [-0.1, -0.05) is 6.07 Å². The summed E-state index contributed by atoms with van der Waals surface area (Å²) in [7, 11) is 0. The van der Waals surface area contributed by atoms with Crippen LogP contribution >= 0.6 is 0 Å². The number of nitrogens with one attached hydrogen (secondary N) is 1. The number of nitrogens with zero attached hydrogens (tertiary/aromatic N) is 2. The molecule has 0 fully saturated rings. The third-order valence-corrected chi connectivity index (χ3v) is 3.39. The molecule has 0 unspecified atom stereocenters. The van der Waals surface area contributed by atoms with E-state index in [9.17, 15) is 14.7 Å². The van der Waals surface area contributed by atoms with Gasteiger partial charge in [0.2, 0.25) is 0 Å². The van der Waals surface area contributed by atoms with Gasteiger partial charge in [0.05, 0.1) is 16.8 Å². The average molecular weight is 299 g/mol. The van der Waals surface area contributed by atoms with Gasteiger partial charge < -0.3 is 10.4 Å². The Hall–Kier alpha value is -2.76. The highest BCUT2D eigenvalue weighted by Crippen LogP contribution is 2.21. The molecule has 0 saturated carbocycles. The van der Waals surface area contributed by atoms with E-state index in [0.717, 1.165) is 5.56 Å². The molecule has 114 valence electrons. The molecule has 22 heavy (non-hydrogen) atoms. The van der Waals surface area contributed by atoms with Gasteiger partial charge in [-0.25, -0.2) is 14.8 Å². The standard InChI is InChI=1S/C16H17N3O3/c1-8-5-9(2)14(6-12(8)16(21)22)19-15(20)13-7-17-11(4)18-10(13)3/h5-7H,1-4H3,(H,19,20)(H,21,22). The molecule has 0 aliphatic rings. The van der Waals surface area contributed by atoms with Crippen molar-refractivity contribution in [2.24, 2.45) is 0 Å². The zero-order valence-corrected chi connectivity index (χ0v) is 12.9. The van der Waals surface area contributed by atoms with Gasteiger partial charge >= 0.3 is 5.97 Å². The lowest BCUT2D eigenvalue weighted by atomic mass is 10.0. The Labute approximate surface area is 128 Å². The molecule has 6 heteroatoms. The number of aromatic nitrogens is 2. The van der Waals surface area contributed by atoms with Crippen LogP contribution in [0.4, 0.5) is 5.69 Å². The number of carbonyl (C=O) groups excluding carboxylic acids is 1. The van der Waals surface area contributed by atoms with E-state index in [1.54, 1.807) is 26.8 Å². The van der Waals surface area contributed by atoms with Crippen molar-refractivity contribution >= 4 is 17.6 Å². The number of rotatable bonds is 3. The summed E-state index contributed by atoms with van der Waals surface area (Å²) < 4.78 is 0. The lowest BCUT2D eigenvalue weighted by Gasteiger charge is -2.12. The lowest BCUT2D eigenvalue weighted by molar-refractivity contribution is 0.0695. The number of aromatic carboxylic acids is 1. The van der Waals surface area contributed by atoms with Crippen molar-refractivity contribution in [3.05, 3.63) is 52.1 Å². The van der Waals surface area contributed by atoms with Gasteiger partial charge in [0.1, 0.15) is 5.82 Å². The molecular weight excluding hydrogens is 282 g/mol. The summed E-state index contributed by atoms with van der Waals surface area (Å²) in [6.45, 7) is 7.01. The van der Waals surface area contributed by atoms with Crippen molar-refractivity contribution in [1.82, 2.24) is 9.97 Å². The van der Waals surface area contributed by atoms with Crippen LogP contribution in [-0.4, -0.2) is 27.0 Å². The first-order chi connectivity index (χ1) is 10.3. The van der Waals surface area contributed by atoms with Crippen LogP contribution in [0.3, 0.4) is 0 Å². The molecule has 2 N–H and O–H groups in total. The smallest absolute Gasteiger partial charge is 0.336 e. The van der Waals surface area contributed by atoms with Crippen LogP contribution in [0.5, 0.6) is 0 Å². The summed E-state index contributed by atoms with van der Waals surface area (Å²) in [5.74, 6) is -0.794. The monoisotopic (exact) mass is 299 g/mol. The highest BCUT2D eigenvalue weighted by molar-refractivity contribution is 6.05. The van der Waals surface area contributed by atoms with Gasteiger partial charge in [-0.15, -0.1) is 0 Å². The van der Waals surface area contributed by atoms with E-state index < -0.39 is 5.97 Å². The van der Waals surface area contributed by atoms with E-state index >= 15 is 0 Å². The Bertz CT molecular complexity index is 769. The van der Waals surface area contributed by atoms with Crippen molar-refractivity contribution in [1.29, 1.82) is 0 Å². The zero-order chi connectivity index (χ0) is 16.4. The number of carbonyl (C=O) groups is 2. The molecule has 1 amide bonds. The number of aryl methyl sites for hydroxylation is 4. The quantitative estimate of drug-likeness (QED) is 0.909. The van der Waals surface area contributed by atoms with Crippen LogP contribution < -0.4 is 5.32 Å². The number of amides is 1. The molecule has 6 nitrogen and oxygen atoms in total. The van der Waals surface area contributed by atoms with Gasteiger partial charge in [0.25, 0.3) is 5.91 Å². The summed E-state index contributed by atoms with van der Waals surface area (Å²) >= 11 is 0. The maximum atomic E-state index is 12.3. The molecule has 0 spiro atoms. The van der Waals surface area contributed by atoms with Crippen molar-refractivity contribution in [3.8, 4) is 0 Å². The van der Waals surface area contributed by atoms with Crippen LogP contribution in [0, 0.1) is 27.7 Å². The molecule has 2 aromatic rings. The molecule has 0 saturated heterocycles. The largest absolute Gasteiger partial charge is 0.478 e. The number of hydrogen-bond donors (Lipinski definition) is 2. The van der Waals surface area contributed by atoms with E-state index in [4.69, 9.17) is 0 Å². The van der Waals surface area contributed by atoms with Crippen molar-refractivity contribution in [2.75, 3.05) is 5.32 Å². The van der Waals surface area contributed by atoms with Crippen LogP contribution in [-0.2, 0) is 0 Å². The highest BCUT2D eigenvalue weighted by Gasteiger charge is 2.15. The van der Waals surface area contributed by atoms with Crippen molar-refractivity contribution in [3.63, 3.8) is 0 Å². The number of benzene rings is 1. The maximum absolute atomic E-state index is 12.3. The van der Waals surface area contributed by atoms with E-state index in [1.165, 1.54) is 12.3 Å². The van der Waals surface area contributed by atoms with Crippen molar-refractivity contribution in [2.45, 2.75) is 27.7 Å². The fraction of sp³-hybridized carbons (Fsp3) is 0.250. The minimum Gasteiger partial charge on any atom is -0.478 e. The van der Waals surface area contributed by atoms with Gasteiger partial charge in [-0.2, -0.15) is 0 Å². The topological polar surface area (TPSA) is 92.2 Å². The molecule has 2 rings (SSSR count). The van der Waals surface area contributed by atoms with E-state index in [0.29, 0.717) is 28.3 Å². The molecule has 0 atom stereocenters. The molecule has 1 aromatic carbocycles. The number of hydrogen-bond acceptors (Lipinski definition) is 4. The number of carboxylic acids is 1. The maximum Gasteiger partial charge on any atom is 0.336 e. The Morgan fingerprint density at radius 1 is 1.05 bits per heavy atom. The van der Waals surface area contributed by atoms with E-state index in [-0.39, 0.29) is 11.5 Å². The molecule has 0 aliphatic carbocycles. The predicted molar refractivity (Wildman–Crippen MR) is 82.3 cm³/mol. The summed E-state index contributed by atoms with van der Waals surface area (Å²) in [4.78, 5) is 31.7. The second-order valence-corrected chi connectivity index (χ2v) is 5.16. The molecule has 0 aliphatic heterocycles. The SMILES string of the molecule is Cc1ncc(C(=O)Nc2cc(C(=O)O)c(C)cc2C)c(C)n1. The number of carboxylic acid groups (broad SMARTS) is 1. The van der Waals surface area contributed by atoms with Gasteiger partial charge in [-0.3, -0.25) is 4.79 Å². The summed E-state index contributed by atoms with van der Waals surface area (Å²) in [5, 5.41) is 11.9. The van der Waals surface area contributed by atoms with Gasteiger partial charge in [0.15, 0.2) is 0 Å². The second-order valence-electron chi connectivity index (χ2n) is 5.16. The summed E-state index contributed by atoms with van der Waals surface area (Å²) in [6.07, 6.45) is 1.47. The second kappa shape index (κ2) is 5.93. The Balaban J connectivity index is 2.36. The Kier molecular flexibility index (Phi) is 4.21. The normalized spacial score (nSPS) is 10.4. The van der Waals surface area contributed by atoms with Crippen LogP contribution in [0.2, 0.25) is 0 Å². The van der Waals surface area contributed by atoms with Crippen molar-refractivity contribution < 1.29 is 14.7 Å². The molecule has 1 heterocycles. The Morgan fingerprint density at radius 3 is 2.32 bits per heavy atom. The average Bonchev–Trinajstić information content (AvgIpc) is 2.41. The first kappa shape index (κ1) is 15.6. The predicted octanol–water partition coefficient (Wildman–Crippen LogP) is 2.66. The summed E-state index contributed by atoms with van der Waals surface area (Å²) in [6, 6.07) is 3.20. The minimum atomic E-state index is -1.03. The van der Waals surface area contributed by atoms with E-state index in [2.05, 4.69) is 15.3 Å². The van der Waals surface area contributed by atoms with E-state index in [1.807, 2.05) is 6.92 Å². The third-order valence-electron chi connectivity index (χ3n) is 3.39. The van der Waals surface area contributed by atoms with Crippen LogP contribution in [0.15, 0.2) is 18.3 Å². The fourth-order valence-corrected chi connectivity index (χ4v) is 2.21. The molecular formula is C16H17N3O3. The van der Waals surface area contributed by atoms with Crippen LogP contribution in [0.25, 0.3) is 0 Å². The highest BCUT2D eigenvalue weighted by atomic mass is 16.4. The first-order valence-electron chi connectivity index (χ1n) is 6.75. The van der Waals surface area contributed by atoms with Gasteiger partial charge in [0, 0.05) is 11.9 Å². The van der Waals surface area contributed by atoms with Gasteiger partial charge in [-0.05, 0) is 44.9 Å². The Morgan fingerprint density at radius 2 is 1.73 bits per heavy atom. The van der Waals surface area contributed by atoms with Crippen LogP contribution in [0.1, 0.15) is 43.4 Å². The lowest BCUT2D eigenvalue weighted by Crippen LogP contribution is -2.16. The fourth-order valence-electron chi connectivity index (χ4n) is 2.21. The summed E-state index contributed by atoms with van der Waals surface area (Å²) in [5.41, 5.74) is 3.01. The number of anilines is 1. The molecule has 1 aromatic heterocycles. The molecule has 0 radical (unpaired) electrons. The minimum absolute atomic E-state index is 0.165. The third kappa shape index (κ3) is 3.11. The molecule has 0 bridgehead atoms. The zero-order valence-electron chi connectivity index (χ0n) is 12.9. The first-order valence-corrected chi connectivity index (χ1v) is 6.75.